The van der Waals surface area contributed by atoms with Gasteiger partial charge in [-0.1, -0.05) is 12.8 Å². The fourth-order valence-corrected chi connectivity index (χ4v) is 3.17. The second-order valence-electron chi connectivity index (χ2n) is 5.61. The molecular formula is C13H25ClN2O. The summed E-state index contributed by atoms with van der Waals surface area (Å²) in [4.78, 5) is 12.0. The zero-order valence-corrected chi connectivity index (χ0v) is 11.5. The monoisotopic (exact) mass is 260 g/mol. The van der Waals surface area contributed by atoms with Gasteiger partial charge in [-0.05, 0) is 44.9 Å². The van der Waals surface area contributed by atoms with Crippen LogP contribution >= 0.6 is 12.4 Å². The highest BCUT2D eigenvalue weighted by Gasteiger charge is 2.30. The van der Waals surface area contributed by atoms with E-state index in [-0.39, 0.29) is 30.3 Å². The number of halogens is 1. The molecule has 100 valence electrons. The molecule has 0 aromatic carbocycles. The summed E-state index contributed by atoms with van der Waals surface area (Å²) in [5.74, 6) is 1.13. The third-order valence-electron chi connectivity index (χ3n) is 4.32. The van der Waals surface area contributed by atoms with E-state index in [2.05, 4.69) is 12.2 Å². The average Bonchev–Trinajstić information content (AvgIpc) is 2.87. The molecule has 2 saturated carbocycles. The lowest BCUT2D eigenvalue weighted by molar-refractivity contribution is -0.125. The molecule has 1 amide bonds. The molecular weight excluding hydrogens is 236 g/mol. The van der Waals surface area contributed by atoms with Crippen LogP contribution in [0.1, 0.15) is 51.9 Å². The van der Waals surface area contributed by atoms with Gasteiger partial charge in [0.15, 0.2) is 0 Å². The number of rotatable bonds is 3. The quantitative estimate of drug-likeness (QED) is 0.818. The summed E-state index contributed by atoms with van der Waals surface area (Å²) in [6, 6.07) is 0.601. The van der Waals surface area contributed by atoms with Gasteiger partial charge in [0.1, 0.15) is 0 Å². The van der Waals surface area contributed by atoms with Crippen LogP contribution in [0.25, 0.3) is 0 Å². The molecule has 4 heteroatoms. The Morgan fingerprint density at radius 1 is 1.24 bits per heavy atom. The van der Waals surface area contributed by atoms with Crippen molar-refractivity contribution in [3.05, 3.63) is 0 Å². The van der Waals surface area contributed by atoms with Crippen LogP contribution in [0, 0.1) is 11.8 Å². The molecule has 0 bridgehead atoms. The molecule has 0 heterocycles. The predicted octanol–water partition coefficient (Wildman–Crippen LogP) is 2.23. The lowest BCUT2D eigenvalue weighted by Crippen LogP contribution is -2.40. The summed E-state index contributed by atoms with van der Waals surface area (Å²) < 4.78 is 0. The van der Waals surface area contributed by atoms with Crippen LogP contribution in [-0.2, 0) is 4.79 Å². The zero-order chi connectivity index (χ0) is 11.5. The van der Waals surface area contributed by atoms with E-state index in [4.69, 9.17) is 5.73 Å². The highest BCUT2D eigenvalue weighted by Crippen LogP contribution is 2.29. The maximum Gasteiger partial charge on any atom is 0.223 e. The van der Waals surface area contributed by atoms with Gasteiger partial charge >= 0.3 is 0 Å². The first kappa shape index (κ1) is 14.8. The van der Waals surface area contributed by atoms with Gasteiger partial charge in [-0.15, -0.1) is 12.4 Å². The molecule has 3 atom stereocenters. The van der Waals surface area contributed by atoms with Crippen molar-refractivity contribution in [3.8, 4) is 0 Å². The first-order valence-electron chi connectivity index (χ1n) is 6.72. The molecule has 0 aromatic heterocycles. The van der Waals surface area contributed by atoms with Crippen molar-refractivity contribution in [2.75, 3.05) is 0 Å². The smallest absolute Gasteiger partial charge is 0.223 e. The van der Waals surface area contributed by atoms with Gasteiger partial charge in [0, 0.05) is 18.0 Å². The number of amides is 1. The number of nitrogens with one attached hydrogen (secondary N) is 1. The highest BCUT2D eigenvalue weighted by atomic mass is 35.5. The number of hydrogen-bond donors (Lipinski definition) is 2. The van der Waals surface area contributed by atoms with E-state index in [1.807, 2.05) is 0 Å². The molecule has 0 aliphatic heterocycles. The molecule has 0 spiro atoms. The van der Waals surface area contributed by atoms with Crippen molar-refractivity contribution in [1.82, 2.24) is 5.32 Å². The Hall–Kier alpha value is -0.280. The summed E-state index contributed by atoms with van der Waals surface area (Å²) in [5, 5.41) is 3.19. The lowest BCUT2D eigenvalue weighted by Gasteiger charge is -2.22. The molecule has 2 fully saturated rings. The molecule has 2 aliphatic carbocycles. The van der Waals surface area contributed by atoms with Crippen LogP contribution in [0.4, 0.5) is 0 Å². The Bertz CT molecular complexity index is 254. The Labute approximate surface area is 110 Å². The van der Waals surface area contributed by atoms with E-state index in [9.17, 15) is 4.79 Å². The van der Waals surface area contributed by atoms with E-state index in [0.717, 1.165) is 19.3 Å². The van der Waals surface area contributed by atoms with Crippen molar-refractivity contribution >= 4 is 18.3 Å². The van der Waals surface area contributed by atoms with Crippen molar-refractivity contribution in [2.45, 2.75) is 64.0 Å². The van der Waals surface area contributed by atoms with Crippen molar-refractivity contribution in [3.63, 3.8) is 0 Å². The topological polar surface area (TPSA) is 55.1 Å². The number of hydrogen-bond acceptors (Lipinski definition) is 2. The normalized spacial score (nSPS) is 30.9. The Morgan fingerprint density at radius 2 is 1.88 bits per heavy atom. The predicted molar refractivity (Wildman–Crippen MR) is 72.1 cm³/mol. The van der Waals surface area contributed by atoms with Gasteiger partial charge < -0.3 is 11.1 Å². The Morgan fingerprint density at radius 3 is 2.41 bits per heavy atom. The summed E-state index contributed by atoms with van der Waals surface area (Å²) >= 11 is 0. The van der Waals surface area contributed by atoms with Crippen molar-refractivity contribution in [2.24, 2.45) is 17.6 Å². The molecule has 17 heavy (non-hydrogen) atoms. The van der Waals surface area contributed by atoms with Crippen LogP contribution in [-0.4, -0.2) is 18.0 Å². The van der Waals surface area contributed by atoms with Gasteiger partial charge in [0.2, 0.25) is 5.91 Å². The largest absolute Gasteiger partial charge is 0.353 e. The molecule has 2 rings (SSSR count). The number of carbonyl (C=O) groups excluding carboxylic acids is 1. The molecule has 0 radical (unpaired) electrons. The standard InChI is InChI=1S/C13H24N2O.ClH/c1-9(10-4-2-3-5-10)15-13(16)11-6-7-12(14)8-11;/h9-12H,2-8,14H2,1H3,(H,15,16);1H. The lowest BCUT2D eigenvalue weighted by atomic mass is 9.98. The van der Waals surface area contributed by atoms with Crippen LogP contribution in [0.15, 0.2) is 0 Å². The second-order valence-corrected chi connectivity index (χ2v) is 5.61. The summed E-state index contributed by atoms with van der Waals surface area (Å²) in [6.07, 6.45) is 8.10. The van der Waals surface area contributed by atoms with Crippen LogP contribution in [0.5, 0.6) is 0 Å². The first-order chi connectivity index (χ1) is 7.66. The minimum Gasteiger partial charge on any atom is -0.353 e. The van der Waals surface area contributed by atoms with Gasteiger partial charge in [-0.25, -0.2) is 0 Å². The van der Waals surface area contributed by atoms with E-state index in [1.165, 1.54) is 25.7 Å². The first-order valence-corrected chi connectivity index (χ1v) is 6.72. The Kier molecular flexibility index (Phi) is 5.74. The number of carbonyl (C=O) groups is 1. The molecule has 0 saturated heterocycles. The van der Waals surface area contributed by atoms with Crippen molar-refractivity contribution < 1.29 is 4.79 Å². The maximum absolute atomic E-state index is 12.0. The van der Waals surface area contributed by atoms with Crippen molar-refractivity contribution in [1.29, 1.82) is 0 Å². The van der Waals surface area contributed by atoms with Gasteiger partial charge in [-0.2, -0.15) is 0 Å². The van der Waals surface area contributed by atoms with E-state index >= 15 is 0 Å². The van der Waals surface area contributed by atoms with Crippen LogP contribution < -0.4 is 11.1 Å². The Balaban J connectivity index is 0.00000144. The second kappa shape index (κ2) is 6.60. The molecule has 2 aliphatic rings. The van der Waals surface area contributed by atoms with Gasteiger partial charge in [0.25, 0.3) is 0 Å². The fourth-order valence-electron chi connectivity index (χ4n) is 3.17. The molecule has 3 unspecified atom stereocenters. The highest BCUT2D eigenvalue weighted by molar-refractivity contribution is 5.85. The fraction of sp³-hybridized carbons (Fsp3) is 0.923. The van der Waals surface area contributed by atoms with E-state index in [0.29, 0.717) is 12.0 Å². The summed E-state index contributed by atoms with van der Waals surface area (Å²) in [5.41, 5.74) is 5.84. The van der Waals surface area contributed by atoms with Crippen LogP contribution in [0.2, 0.25) is 0 Å². The number of nitrogens with two attached hydrogens (primary N) is 1. The average molecular weight is 261 g/mol. The molecule has 3 nitrogen and oxygen atoms in total. The minimum absolute atomic E-state index is 0. The third-order valence-corrected chi connectivity index (χ3v) is 4.32. The zero-order valence-electron chi connectivity index (χ0n) is 10.7. The van der Waals surface area contributed by atoms with E-state index in [1.54, 1.807) is 0 Å². The van der Waals surface area contributed by atoms with Crippen LogP contribution in [0.3, 0.4) is 0 Å². The van der Waals surface area contributed by atoms with Gasteiger partial charge in [0.05, 0.1) is 0 Å². The summed E-state index contributed by atoms with van der Waals surface area (Å²) in [6.45, 7) is 2.16. The SMILES string of the molecule is CC(NC(=O)C1CCC(N)C1)C1CCCC1.Cl. The third kappa shape index (κ3) is 3.85. The maximum atomic E-state index is 12.0. The van der Waals surface area contributed by atoms with Gasteiger partial charge in [-0.3, -0.25) is 4.79 Å². The summed E-state index contributed by atoms with van der Waals surface area (Å²) in [7, 11) is 0. The molecule has 0 aromatic rings. The molecule has 3 N–H and O–H groups in total. The minimum atomic E-state index is 0. The van der Waals surface area contributed by atoms with E-state index < -0.39 is 0 Å².